The summed E-state index contributed by atoms with van der Waals surface area (Å²) >= 11 is 0. The Morgan fingerprint density at radius 2 is 2.11 bits per heavy atom. The average Bonchev–Trinajstić information content (AvgIpc) is 3.38. The highest BCUT2D eigenvalue weighted by molar-refractivity contribution is 5.92. The van der Waals surface area contributed by atoms with Crippen LogP contribution in [0, 0.1) is 11.8 Å². The Bertz CT molecular complexity index is 670. The molecule has 2 N–H and O–H groups in total. The molecule has 1 unspecified atom stereocenters. The molecular formula is C22H34N4O2. The van der Waals surface area contributed by atoms with E-state index in [0.717, 1.165) is 62.7 Å². The van der Waals surface area contributed by atoms with E-state index < -0.39 is 0 Å². The number of anilines is 1. The maximum absolute atomic E-state index is 12.4. The number of benzene rings is 1. The van der Waals surface area contributed by atoms with E-state index in [9.17, 15) is 4.79 Å². The number of ether oxygens (including phenoxy) is 1. The molecule has 1 aliphatic heterocycles. The summed E-state index contributed by atoms with van der Waals surface area (Å²) in [6.07, 6.45) is 5.51. The zero-order valence-corrected chi connectivity index (χ0v) is 17.2. The Labute approximate surface area is 168 Å². The first kappa shape index (κ1) is 20.6. The van der Waals surface area contributed by atoms with Crippen molar-refractivity contribution in [2.45, 2.75) is 45.6 Å². The highest BCUT2D eigenvalue weighted by atomic mass is 16.5. The fourth-order valence-electron chi connectivity index (χ4n) is 4.17. The van der Waals surface area contributed by atoms with Crippen LogP contribution >= 0.6 is 0 Å². The van der Waals surface area contributed by atoms with E-state index in [0.29, 0.717) is 12.5 Å². The van der Waals surface area contributed by atoms with Gasteiger partial charge in [0.15, 0.2) is 5.96 Å². The molecule has 1 aromatic rings. The number of amides is 1. The van der Waals surface area contributed by atoms with Gasteiger partial charge in [0.1, 0.15) is 0 Å². The Hall–Kier alpha value is -2.08. The van der Waals surface area contributed by atoms with Gasteiger partial charge in [-0.25, -0.2) is 4.99 Å². The van der Waals surface area contributed by atoms with E-state index in [4.69, 9.17) is 9.73 Å². The lowest BCUT2D eigenvalue weighted by molar-refractivity contribution is -0.119. The molecule has 1 heterocycles. The predicted molar refractivity (Wildman–Crippen MR) is 113 cm³/mol. The third-order valence-corrected chi connectivity index (χ3v) is 5.65. The van der Waals surface area contributed by atoms with E-state index >= 15 is 0 Å². The van der Waals surface area contributed by atoms with Gasteiger partial charge in [-0.05, 0) is 43.9 Å². The van der Waals surface area contributed by atoms with Crippen LogP contribution in [-0.2, 0) is 16.1 Å². The number of carbonyl (C=O) groups excluding carboxylic acids is 1. The third kappa shape index (κ3) is 5.71. The lowest BCUT2D eigenvalue weighted by Gasteiger charge is -2.21. The standard InChI is InChI=1S/C22H34N4O2/c1-3-23-22(26-12-11-18(15-26)16-28-2)24-14-17-7-6-10-20(13-17)25-21(27)19-8-4-5-9-19/h6-7,10,13,18-19H,3-5,8-9,11-12,14-16H2,1-2H3,(H,23,24)(H,25,27). The highest BCUT2D eigenvalue weighted by Gasteiger charge is 2.25. The molecule has 154 valence electrons. The molecule has 1 saturated carbocycles. The van der Waals surface area contributed by atoms with Crippen LogP contribution in [0.5, 0.6) is 0 Å². The van der Waals surface area contributed by atoms with Crippen molar-refractivity contribution < 1.29 is 9.53 Å². The smallest absolute Gasteiger partial charge is 0.227 e. The van der Waals surface area contributed by atoms with E-state index in [1.165, 1.54) is 12.8 Å². The first-order chi connectivity index (χ1) is 13.7. The molecule has 28 heavy (non-hydrogen) atoms. The monoisotopic (exact) mass is 386 g/mol. The minimum Gasteiger partial charge on any atom is -0.384 e. The van der Waals surface area contributed by atoms with Gasteiger partial charge in [-0.3, -0.25) is 4.79 Å². The van der Waals surface area contributed by atoms with Gasteiger partial charge in [0, 0.05) is 44.3 Å². The van der Waals surface area contributed by atoms with Crippen LogP contribution in [-0.4, -0.2) is 50.1 Å². The highest BCUT2D eigenvalue weighted by Crippen LogP contribution is 2.26. The SMILES string of the molecule is CCNC(=NCc1cccc(NC(=O)C2CCCC2)c1)N1CCC(COC)C1. The van der Waals surface area contributed by atoms with Crippen LogP contribution in [0.15, 0.2) is 29.3 Å². The van der Waals surface area contributed by atoms with Gasteiger partial charge >= 0.3 is 0 Å². The number of hydrogen-bond donors (Lipinski definition) is 2. The maximum Gasteiger partial charge on any atom is 0.227 e. The molecule has 0 spiro atoms. The quantitative estimate of drug-likeness (QED) is 0.558. The first-order valence-corrected chi connectivity index (χ1v) is 10.6. The minimum atomic E-state index is 0.160. The molecule has 1 atom stereocenters. The van der Waals surface area contributed by atoms with E-state index in [1.807, 2.05) is 18.2 Å². The molecule has 0 radical (unpaired) electrons. The van der Waals surface area contributed by atoms with Gasteiger partial charge in [-0.1, -0.05) is 25.0 Å². The average molecular weight is 387 g/mol. The summed E-state index contributed by atoms with van der Waals surface area (Å²) in [4.78, 5) is 19.5. The van der Waals surface area contributed by atoms with Crippen molar-refractivity contribution in [2.24, 2.45) is 16.8 Å². The van der Waals surface area contributed by atoms with Crippen LogP contribution < -0.4 is 10.6 Å². The van der Waals surface area contributed by atoms with Crippen LogP contribution in [0.3, 0.4) is 0 Å². The Kier molecular flexibility index (Phi) is 7.71. The maximum atomic E-state index is 12.4. The van der Waals surface area contributed by atoms with Gasteiger partial charge in [0.05, 0.1) is 13.2 Å². The van der Waals surface area contributed by atoms with Gasteiger partial charge in [-0.15, -0.1) is 0 Å². The fraction of sp³-hybridized carbons (Fsp3) is 0.636. The summed E-state index contributed by atoms with van der Waals surface area (Å²) in [5, 5.41) is 6.49. The molecule has 1 aliphatic carbocycles. The van der Waals surface area contributed by atoms with Crippen molar-refractivity contribution in [1.29, 1.82) is 0 Å². The van der Waals surface area contributed by atoms with Crippen LogP contribution in [0.1, 0.15) is 44.6 Å². The fourth-order valence-corrected chi connectivity index (χ4v) is 4.17. The molecule has 6 heteroatoms. The molecule has 3 rings (SSSR count). The van der Waals surface area contributed by atoms with Gasteiger partial charge in [-0.2, -0.15) is 0 Å². The molecule has 2 fully saturated rings. The van der Waals surface area contributed by atoms with E-state index in [1.54, 1.807) is 7.11 Å². The van der Waals surface area contributed by atoms with Crippen molar-refractivity contribution in [3.8, 4) is 0 Å². The number of carbonyl (C=O) groups is 1. The van der Waals surface area contributed by atoms with E-state index in [-0.39, 0.29) is 11.8 Å². The van der Waals surface area contributed by atoms with Crippen LogP contribution in [0.2, 0.25) is 0 Å². The number of nitrogens with one attached hydrogen (secondary N) is 2. The molecule has 2 aliphatic rings. The zero-order chi connectivity index (χ0) is 19.8. The topological polar surface area (TPSA) is 66.0 Å². The number of likely N-dealkylation sites (tertiary alicyclic amines) is 1. The number of methoxy groups -OCH3 is 1. The van der Waals surface area contributed by atoms with Crippen molar-refractivity contribution in [3.63, 3.8) is 0 Å². The molecule has 0 aromatic heterocycles. The summed E-state index contributed by atoms with van der Waals surface area (Å²) in [7, 11) is 1.76. The first-order valence-electron chi connectivity index (χ1n) is 10.6. The third-order valence-electron chi connectivity index (χ3n) is 5.65. The normalized spacial score (nSPS) is 20.6. The predicted octanol–water partition coefficient (Wildman–Crippen LogP) is 3.25. The van der Waals surface area contributed by atoms with Crippen molar-refractivity contribution in [2.75, 3.05) is 38.7 Å². The number of aliphatic imine (C=N–C) groups is 1. The Morgan fingerprint density at radius 1 is 1.29 bits per heavy atom. The molecule has 1 aromatic carbocycles. The lowest BCUT2D eigenvalue weighted by Crippen LogP contribution is -2.40. The largest absolute Gasteiger partial charge is 0.384 e. The Morgan fingerprint density at radius 3 is 2.86 bits per heavy atom. The summed E-state index contributed by atoms with van der Waals surface area (Å²) in [5.41, 5.74) is 1.98. The minimum absolute atomic E-state index is 0.160. The second-order valence-electron chi connectivity index (χ2n) is 7.90. The van der Waals surface area contributed by atoms with Crippen LogP contribution in [0.25, 0.3) is 0 Å². The molecular weight excluding hydrogens is 352 g/mol. The number of nitrogens with zero attached hydrogens (tertiary/aromatic N) is 2. The Balaban J connectivity index is 1.60. The zero-order valence-electron chi connectivity index (χ0n) is 17.2. The second-order valence-corrected chi connectivity index (χ2v) is 7.90. The van der Waals surface area contributed by atoms with Gasteiger partial charge in [0.2, 0.25) is 5.91 Å². The molecule has 1 amide bonds. The van der Waals surface area contributed by atoms with Gasteiger partial charge in [0.25, 0.3) is 0 Å². The molecule has 0 bridgehead atoms. The van der Waals surface area contributed by atoms with Gasteiger partial charge < -0.3 is 20.3 Å². The lowest BCUT2D eigenvalue weighted by atomic mass is 10.1. The number of hydrogen-bond acceptors (Lipinski definition) is 3. The summed E-state index contributed by atoms with van der Waals surface area (Å²) < 4.78 is 5.30. The summed E-state index contributed by atoms with van der Waals surface area (Å²) in [5.74, 6) is 1.87. The van der Waals surface area contributed by atoms with Crippen molar-refractivity contribution in [3.05, 3.63) is 29.8 Å². The van der Waals surface area contributed by atoms with Crippen molar-refractivity contribution in [1.82, 2.24) is 10.2 Å². The van der Waals surface area contributed by atoms with Crippen LogP contribution in [0.4, 0.5) is 5.69 Å². The number of guanidine groups is 1. The number of rotatable bonds is 7. The summed E-state index contributed by atoms with van der Waals surface area (Å²) in [6.45, 7) is 6.34. The molecule has 1 saturated heterocycles. The summed E-state index contributed by atoms with van der Waals surface area (Å²) in [6, 6.07) is 8.06. The van der Waals surface area contributed by atoms with Crippen molar-refractivity contribution >= 4 is 17.6 Å². The second kappa shape index (κ2) is 10.5. The molecule has 6 nitrogen and oxygen atoms in total. The van der Waals surface area contributed by atoms with E-state index in [2.05, 4.69) is 28.5 Å².